The van der Waals surface area contributed by atoms with Gasteiger partial charge in [-0.25, -0.2) is 0 Å². The van der Waals surface area contributed by atoms with Gasteiger partial charge in [0.25, 0.3) is 5.91 Å². The molecule has 1 saturated heterocycles. The van der Waals surface area contributed by atoms with Crippen molar-refractivity contribution in [2.24, 2.45) is 0 Å². The van der Waals surface area contributed by atoms with Gasteiger partial charge in [-0.1, -0.05) is 30.3 Å². The fourth-order valence-corrected chi connectivity index (χ4v) is 4.02. The molecule has 1 amide bonds. The molecule has 1 aliphatic heterocycles. The monoisotopic (exact) mass is 331 g/mol. The summed E-state index contributed by atoms with van der Waals surface area (Å²) in [6, 6.07) is 10.0. The largest absolute Gasteiger partial charge is 0.389 e. The highest BCUT2D eigenvalue weighted by Crippen LogP contribution is 2.38. The second-order valence-electron chi connectivity index (χ2n) is 6.07. The van der Waals surface area contributed by atoms with Crippen molar-refractivity contribution in [2.75, 3.05) is 27.2 Å². The second kappa shape index (κ2) is 6.39. The molecule has 122 valence electrons. The van der Waals surface area contributed by atoms with E-state index in [1.165, 1.54) is 11.3 Å². The Kier molecular flexibility index (Phi) is 4.48. The van der Waals surface area contributed by atoms with Gasteiger partial charge in [0, 0.05) is 13.1 Å². The van der Waals surface area contributed by atoms with E-state index in [1.807, 2.05) is 44.4 Å². The zero-order valence-corrected chi connectivity index (χ0v) is 14.2. The number of likely N-dealkylation sites (tertiary alicyclic amines) is 1. The number of amides is 1. The Morgan fingerprint density at radius 3 is 2.70 bits per heavy atom. The molecule has 5 nitrogen and oxygen atoms in total. The third-order valence-corrected chi connectivity index (χ3v) is 5.47. The maximum absolute atomic E-state index is 12.5. The first-order valence-corrected chi connectivity index (χ1v) is 8.52. The standard InChI is InChI=1S/C17H21N3O2S/c1-19(2)17(13-6-4-3-5-7-13)8-9-20(11-15(17)21)16(22)14-10-18-12-23-14/h3-7,10,12,15,21H,8-9,11H2,1-2H3/t15-,17+/m1/s1. The number of benzene rings is 1. The van der Waals surface area contributed by atoms with E-state index >= 15 is 0 Å². The van der Waals surface area contributed by atoms with E-state index in [9.17, 15) is 9.90 Å². The third kappa shape index (κ3) is 2.78. The molecule has 3 rings (SSSR count). The Bertz CT molecular complexity index is 660. The highest BCUT2D eigenvalue weighted by Gasteiger charge is 2.46. The minimum Gasteiger partial charge on any atom is -0.389 e. The number of aliphatic hydroxyl groups excluding tert-OH is 1. The lowest BCUT2D eigenvalue weighted by molar-refractivity contribution is -0.0611. The summed E-state index contributed by atoms with van der Waals surface area (Å²) in [6.45, 7) is 0.935. The van der Waals surface area contributed by atoms with Gasteiger partial charge in [-0.3, -0.25) is 14.7 Å². The second-order valence-corrected chi connectivity index (χ2v) is 6.95. The zero-order valence-electron chi connectivity index (χ0n) is 13.3. The molecule has 2 heterocycles. The van der Waals surface area contributed by atoms with Crippen LogP contribution in [0.5, 0.6) is 0 Å². The van der Waals surface area contributed by atoms with Crippen molar-refractivity contribution in [3.63, 3.8) is 0 Å². The average molecular weight is 331 g/mol. The summed E-state index contributed by atoms with van der Waals surface area (Å²) in [5, 5.41) is 10.9. The first-order valence-electron chi connectivity index (χ1n) is 7.64. The SMILES string of the molecule is CN(C)[C@]1(c2ccccc2)CCN(C(=O)c2cncs2)C[C@H]1O. The molecular weight excluding hydrogens is 310 g/mol. The van der Waals surface area contributed by atoms with Crippen LogP contribution in [0.15, 0.2) is 42.0 Å². The molecule has 0 aliphatic carbocycles. The highest BCUT2D eigenvalue weighted by atomic mass is 32.1. The molecule has 0 radical (unpaired) electrons. The van der Waals surface area contributed by atoms with E-state index in [2.05, 4.69) is 9.88 Å². The normalized spacial score (nSPS) is 24.9. The molecule has 6 heteroatoms. The number of likely N-dealkylation sites (N-methyl/N-ethyl adjacent to an activating group) is 1. The van der Waals surface area contributed by atoms with Crippen molar-refractivity contribution in [3.8, 4) is 0 Å². The molecule has 1 fully saturated rings. The zero-order chi connectivity index (χ0) is 16.4. The number of aliphatic hydroxyl groups is 1. The van der Waals surface area contributed by atoms with E-state index in [1.54, 1.807) is 16.6 Å². The smallest absolute Gasteiger partial charge is 0.265 e. The third-order valence-electron chi connectivity index (χ3n) is 4.71. The van der Waals surface area contributed by atoms with Crippen molar-refractivity contribution in [3.05, 3.63) is 52.5 Å². The molecule has 2 atom stereocenters. The van der Waals surface area contributed by atoms with Crippen molar-refractivity contribution in [2.45, 2.75) is 18.1 Å². The van der Waals surface area contributed by atoms with Gasteiger partial charge in [-0.05, 0) is 26.1 Å². The van der Waals surface area contributed by atoms with Gasteiger partial charge in [0.2, 0.25) is 0 Å². The number of hydrogen-bond donors (Lipinski definition) is 1. The van der Waals surface area contributed by atoms with Crippen molar-refractivity contribution in [1.29, 1.82) is 0 Å². The van der Waals surface area contributed by atoms with Gasteiger partial charge in [0.1, 0.15) is 4.88 Å². The lowest BCUT2D eigenvalue weighted by atomic mass is 9.77. The first kappa shape index (κ1) is 16.1. The lowest BCUT2D eigenvalue weighted by Crippen LogP contribution is -2.60. The van der Waals surface area contributed by atoms with Crippen molar-refractivity contribution in [1.82, 2.24) is 14.8 Å². The number of carbonyl (C=O) groups excluding carboxylic acids is 1. The number of nitrogens with zero attached hydrogens (tertiary/aromatic N) is 3. The van der Waals surface area contributed by atoms with Crippen LogP contribution in [0.3, 0.4) is 0 Å². The van der Waals surface area contributed by atoms with Gasteiger partial charge < -0.3 is 10.0 Å². The topological polar surface area (TPSA) is 56.7 Å². The van der Waals surface area contributed by atoms with Crippen LogP contribution in [-0.2, 0) is 5.54 Å². The van der Waals surface area contributed by atoms with E-state index in [0.717, 1.165) is 5.56 Å². The number of hydrogen-bond acceptors (Lipinski definition) is 5. The molecule has 0 unspecified atom stereocenters. The maximum atomic E-state index is 12.5. The minimum atomic E-state index is -0.648. The molecule has 1 N–H and O–H groups in total. The van der Waals surface area contributed by atoms with Crippen LogP contribution in [0, 0.1) is 0 Å². The fourth-order valence-electron chi connectivity index (χ4n) is 3.43. The van der Waals surface area contributed by atoms with Gasteiger partial charge in [0.15, 0.2) is 0 Å². The molecule has 1 aromatic heterocycles. The van der Waals surface area contributed by atoms with Gasteiger partial charge in [-0.15, -0.1) is 11.3 Å². The highest BCUT2D eigenvalue weighted by molar-refractivity contribution is 7.11. The number of rotatable bonds is 3. The Balaban J connectivity index is 1.85. The molecule has 0 bridgehead atoms. The van der Waals surface area contributed by atoms with E-state index < -0.39 is 11.6 Å². The predicted octanol–water partition coefficient (Wildman–Crippen LogP) is 1.81. The van der Waals surface area contributed by atoms with Gasteiger partial charge in [0.05, 0.1) is 23.4 Å². The van der Waals surface area contributed by atoms with E-state index in [-0.39, 0.29) is 5.91 Å². The number of thiazole rings is 1. The van der Waals surface area contributed by atoms with Crippen LogP contribution in [-0.4, -0.2) is 59.1 Å². The summed E-state index contributed by atoms with van der Waals surface area (Å²) in [7, 11) is 3.97. The van der Waals surface area contributed by atoms with Crippen LogP contribution in [0.2, 0.25) is 0 Å². The van der Waals surface area contributed by atoms with Crippen molar-refractivity contribution < 1.29 is 9.90 Å². The van der Waals surface area contributed by atoms with Gasteiger partial charge >= 0.3 is 0 Å². The molecular formula is C17H21N3O2S. The summed E-state index contributed by atoms with van der Waals surface area (Å²) >= 11 is 1.33. The summed E-state index contributed by atoms with van der Waals surface area (Å²) < 4.78 is 0. The molecule has 1 aromatic carbocycles. The maximum Gasteiger partial charge on any atom is 0.265 e. The Morgan fingerprint density at radius 2 is 2.13 bits per heavy atom. The number of carbonyl (C=O) groups is 1. The summed E-state index contributed by atoms with van der Waals surface area (Å²) in [5.74, 6) is -0.0491. The Labute approximate surface area is 140 Å². The van der Waals surface area contributed by atoms with E-state index in [4.69, 9.17) is 0 Å². The number of β-amino-alcohol motifs (C(OH)–C–C–N with tert-alkyl or cyclic N) is 1. The van der Waals surface area contributed by atoms with Crippen LogP contribution < -0.4 is 0 Å². The molecule has 23 heavy (non-hydrogen) atoms. The van der Waals surface area contributed by atoms with E-state index in [0.29, 0.717) is 24.4 Å². The lowest BCUT2D eigenvalue weighted by Gasteiger charge is -2.49. The van der Waals surface area contributed by atoms with Crippen LogP contribution in [0.1, 0.15) is 21.7 Å². The van der Waals surface area contributed by atoms with Crippen LogP contribution in [0.4, 0.5) is 0 Å². The summed E-state index contributed by atoms with van der Waals surface area (Å²) in [6.07, 6.45) is 1.63. The number of piperidine rings is 1. The average Bonchev–Trinajstić information content (AvgIpc) is 3.09. The molecule has 1 aliphatic rings. The molecule has 0 saturated carbocycles. The molecule has 2 aromatic rings. The minimum absolute atomic E-state index is 0.0491. The molecule has 0 spiro atoms. The van der Waals surface area contributed by atoms with Crippen LogP contribution >= 0.6 is 11.3 Å². The van der Waals surface area contributed by atoms with Crippen molar-refractivity contribution >= 4 is 17.2 Å². The first-order chi connectivity index (χ1) is 11.1. The van der Waals surface area contributed by atoms with Gasteiger partial charge in [-0.2, -0.15) is 0 Å². The number of aromatic nitrogens is 1. The van der Waals surface area contributed by atoms with Crippen LogP contribution in [0.25, 0.3) is 0 Å². The predicted molar refractivity (Wildman–Crippen MR) is 90.4 cm³/mol. The quantitative estimate of drug-likeness (QED) is 0.932. The summed E-state index contributed by atoms with van der Waals surface area (Å²) in [5.41, 5.74) is 2.27. The summed E-state index contributed by atoms with van der Waals surface area (Å²) in [4.78, 5) is 20.9. The Morgan fingerprint density at radius 1 is 1.39 bits per heavy atom. The fraction of sp³-hybridized carbons (Fsp3) is 0.412. The Hall–Kier alpha value is -1.76.